The molecule has 2 aliphatic carbocycles. The van der Waals surface area contributed by atoms with Crippen molar-refractivity contribution in [2.75, 3.05) is 0 Å². The molecule has 0 atom stereocenters. The van der Waals surface area contributed by atoms with E-state index in [9.17, 15) is 0 Å². The zero-order valence-electron chi connectivity index (χ0n) is 33.4. The molecule has 2 aliphatic rings. The van der Waals surface area contributed by atoms with E-state index in [1.807, 2.05) is 0 Å². The molecule has 0 radical (unpaired) electrons. The first-order valence-corrected chi connectivity index (χ1v) is 25.9. The standard InChI is InChI=1S/C27H19Br.C27H21Br.3ClH.Fe/c1-27(2)25-12-11-16(28)13-23(25)24-14-21-19-9-5-3-7-17(19)18-8-4-6-10-20(18)22(21)15-26(24)27;1-27(2)25-14-12-19(16-23(25)24-17-20(28)13-15-26(24)27)22-11-7-6-10-21(22)18-8-4-3-5-9-18;;;;/h3-15H,1-2H3;3-17H,1-2H3;3*1H;/q;;;;;+3/p-3. The Balaban J connectivity index is 0.000000142. The van der Waals surface area contributed by atoms with Gasteiger partial charge in [0.1, 0.15) is 0 Å². The number of halogens is 5. The van der Waals surface area contributed by atoms with E-state index in [1.54, 1.807) is 0 Å². The number of rotatable bonds is 2. The molecule has 0 heterocycles. The van der Waals surface area contributed by atoms with Gasteiger partial charge >= 0.3 is 41.5 Å². The van der Waals surface area contributed by atoms with Crippen molar-refractivity contribution >= 4 is 94.5 Å². The molecule has 0 saturated heterocycles. The molecule has 0 saturated carbocycles. The Morgan fingerprint density at radius 3 is 1.22 bits per heavy atom. The van der Waals surface area contributed by atoms with E-state index in [-0.39, 0.29) is 10.8 Å². The Hall–Kier alpha value is -3.89. The molecule has 0 nitrogen and oxygen atoms in total. The van der Waals surface area contributed by atoms with Crippen molar-refractivity contribution in [3.05, 3.63) is 201 Å². The molecule has 9 aromatic rings. The molecule has 0 fully saturated rings. The summed E-state index contributed by atoms with van der Waals surface area (Å²) in [6.07, 6.45) is 0. The third-order valence-electron chi connectivity index (χ3n) is 12.5. The first kappa shape index (κ1) is 41.5. The molecule has 0 bridgehead atoms. The fourth-order valence-electron chi connectivity index (χ4n) is 9.63. The van der Waals surface area contributed by atoms with Gasteiger partial charge in [-0.25, -0.2) is 0 Å². The minimum absolute atomic E-state index is 0.00626. The topological polar surface area (TPSA) is 0 Å². The van der Waals surface area contributed by atoms with Gasteiger partial charge < -0.3 is 0 Å². The number of benzene rings is 9. The van der Waals surface area contributed by atoms with Crippen LogP contribution in [0.5, 0.6) is 0 Å². The van der Waals surface area contributed by atoms with Gasteiger partial charge in [-0.05, 0) is 142 Å². The van der Waals surface area contributed by atoms with E-state index in [4.69, 9.17) is 30.3 Å². The zero-order valence-corrected chi connectivity index (χ0v) is 40.0. The van der Waals surface area contributed by atoms with Crippen molar-refractivity contribution < 1.29 is 11.2 Å². The van der Waals surface area contributed by atoms with E-state index >= 15 is 0 Å². The summed E-state index contributed by atoms with van der Waals surface area (Å²) in [5, 5.41) is 8.04. The first-order valence-electron chi connectivity index (χ1n) is 19.8. The van der Waals surface area contributed by atoms with Gasteiger partial charge in [-0.1, -0.05) is 187 Å². The van der Waals surface area contributed by atoms with E-state index in [0.29, 0.717) is 0 Å². The summed E-state index contributed by atoms with van der Waals surface area (Å²) in [7, 11) is 14.7. The summed E-state index contributed by atoms with van der Waals surface area (Å²) in [5.74, 6) is 0. The molecule has 60 heavy (non-hydrogen) atoms. The zero-order chi connectivity index (χ0) is 41.9. The molecular formula is C54H40Br2Cl3Fe. The van der Waals surface area contributed by atoms with Crippen LogP contribution in [0.2, 0.25) is 0 Å². The molecule has 0 unspecified atom stereocenters. The summed E-state index contributed by atoms with van der Waals surface area (Å²) in [6.45, 7) is 9.34. The van der Waals surface area contributed by atoms with Crippen molar-refractivity contribution in [3.63, 3.8) is 0 Å². The average Bonchev–Trinajstić information content (AvgIpc) is 3.61. The van der Waals surface area contributed by atoms with Crippen LogP contribution in [-0.2, 0) is 22.0 Å². The van der Waals surface area contributed by atoms with Crippen LogP contribution in [0.4, 0.5) is 0 Å². The Labute approximate surface area is 386 Å². The fraction of sp³-hybridized carbons (Fsp3) is 0.111. The molecule has 0 spiro atoms. The summed E-state index contributed by atoms with van der Waals surface area (Å²) in [5.41, 5.74) is 16.2. The maximum absolute atomic E-state index is 4.89. The maximum atomic E-state index is 4.89. The number of hydrogen-bond acceptors (Lipinski definition) is 0. The van der Waals surface area contributed by atoms with Crippen LogP contribution in [0.15, 0.2) is 179 Å². The molecule has 0 N–H and O–H groups in total. The van der Waals surface area contributed by atoms with Crippen molar-refractivity contribution in [2.45, 2.75) is 38.5 Å². The van der Waals surface area contributed by atoms with Gasteiger partial charge in [0.05, 0.1) is 0 Å². The van der Waals surface area contributed by atoms with Crippen LogP contribution in [0, 0.1) is 0 Å². The van der Waals surface area contributed by atoms with Crippen LogP contribution in [-0.4, -0.2) is 0 Å². The number of hydrogen-bond donors (Lipinski definition) is 0. The Kier molecular flexibility index (Phi) is 11.4. The van der Waals surface area contributed by atoms with Crippen molar-refractivity contribution in [1.82, 2.24) is 0 Å². The van der Waals surface area contributed by atoms with E-state index in [1.165, 1.54) is 99.1 Å². The molecule has 6 heteroatoms. The van der Waals surface area contributed by atoms with E-state index in [0.717, 1.165) is 8.95 Å². The summed E-state index contributed by atoms with van der Waals surface area (Å²) in [6, 6.07) is 62.2. The SMILES string of the molecule is CC1(C)c2ccc(Br)cc2-c2cc(-c3ccccc3-c3ccccc3)ccc21.CC1(C)c2ccc(Br)cc2-c2cc3c4ccccc4c4ccccc4c3cc21.[Cl][Fe]([Cl])[Cl]. The average molecular weight is 1010 g/mol. The van der Waals surface area contributed by atoms with Gasteiger partial charge in [0, 0.05) is 19.8 Å². The number of fused-ring (bicyclic) bond motifs is 12. The Morgan fingerprint density at radius 1 is 0.333 bits per heavy atom. The third-order valence-corrected chi connectivity index (χ3v) is 13.4. The van der Waals surface area contributed by atoms with E-state index < -0.39 is 11.2 Å². The second kappa shape index (κ2) is 16.4. The predicted octanol–water partition coefficient (Wildman–Crippen LogP) is 18.4. The molecule has 9 aromatic carbocycles. The van der Waals surface area contributed by atoms with Crippen molar-refractivity contribution in [1.29, 1.82) is 0 Å². The van der Waals surface area contributed by atoms with Gasteiger partial charge in [0.2, 0.25) is 0 Å². The monoisotopic (exact) mass is 1010 g/mol. The van der Waals surface area contributed by atoms with Crippen LogP contribution < -0.4 is 0 Å². The van der Waals surface area contributed by atoms with Gasteiger partial charge in [-0.15, -0.1) is 0 Å². The molecule has 0 amide bonds. The predicted molar refractivity (Wildman–Crippen MR) is 264 cm³/mol. The molecule has 11 rings (SSSR count). The van der Waals surface area contributed by atoms with Gasteiger partial charge in [-0.3, -0.25) is 0 Å². The molecule has 299 valence electrons. The third kappa shape index (κ3) is 7.35. The molecule has 0 aromatic heterocycles. The molecular weight excluding hydrogens is 971 g/mol. The quantitative estimate of drug-likeness (QED) is 0.120. The summed E-state index contributed by atoms with van der Waals surface area (Å²) >= 11 is 6.00. The van der Waals surface area contributed by atoms with Crippen LogP contribution in [0.3, 0.4) is 0 Å². The fourth-order valence-corrected chi connectivity index (χ4v) is 10.4. The first-order chi connectivity index (χ1) is 28.8. The van der Waals surface area contributed by atoms with Crippen LogP contribution in [0.25, 0.3) is 76.8 Å². The van der Waals surface area contributed by atoms with Crippen molar-refractivity contribution in [3.8, 4) is 44.5 Å². The molecule has 0 aliphatic heterocycles. The second-order valence-corrected chi connectivity index (χ2v) is 23.8. The van der Waals surface area contributed by atoms with Crippen LogP contribution in [0.1, 0.15) is 49.9 Å². The summed E-state index contributed by atoms with van der Waals surface area (Å²) in [4.78, 5) is 0. The Bertz CT molecular complexity index is 3120. The van der Waals surface area contributed by atoms with E-state index in [2.05, 4.69) is 229 Å². The second-order valence-electron chi connectivity index (χ2n) is 16.5. The Morgan fingerprint density at radius 2 is 0.700 bits per heavy atom. The normalized spacial score (nSPS) is 14.0. The van der Waals surface area contributed by atoms with Crippen LogP contribution >= 0.6 is 62.2 Å². The summed E-state index contributed by atoms with van der Waals surface area (Å²) < 4.78 is 2.27. The minimum atomic E-state index is -1.33. The van der Waals surface area contributed by atoms with Gasteiger partial charge in [0.15, 0.2) is 0 Å². The van der Waals surface area contributed by atoms with Gasteiger partial charge in [-0.2, -0.15) is 0 Å². The van der Waals surface area contributed by atoms with Crippen molar-refractivity contribution in [2.24, 2.45) is 0 Å². The van der Waals surface area contributed by atoms with Gasteiger partial charge in [0.25, 0.3) is 0 Å².